The minimum atomic E-state index is -4.45. The number of hydrogen-bond donors (Lipinski definition) is 1. The van der Waals surface area contributed by atoms with Crippen molar-refractivity contribution in [3.8, 4) is 0 Å². The van der Waals surface area contributed by atoms with Crippen molar-refractivity contribution in [2.75, 3.05) is 0 Å². The van der Waals surface area contributed by atoms with Crippen molar-refractivity contribution in [2.24, 2.45) is 17.8 Å². The molecule has 88 valence electrons. The second-order valence-electron chi connectivity index (χ2n) is 5.12. The molecule has 2 bridgehead atoms. The van der Waals surface area contributed by atoms with Gasteiger partial charge in [-0.1, -0.05) is 19.8 Å². The van der Waals surface area contributed by atoms with Crippen LogP contribution in [0, 0.1) is 17.8 Å². The van der Waals surface area contributed by atoms with Crippen molar-refractivity contribution < 1.29 is 18.3 Å². The third kappa shape index (κ3) is 1.57. The number of halogens is 3. The Morgan fingerprint density at radius 1 is 1.33 bits per heavy atom. The number of aliphatic hydroxyl groups is 1. The van der Waals surface area contributed by atoms with E-state index in [-0.39, 0.29) is 18.3 Å². The molecule has 4 atom stereocenters. The Hall–Kier alpha value is -0.250. The molecule has 0 aromatic carbocycles. The summed E-state index contributed by atoms with van der Waals surface area (Å²) >= 11 is 0. The molecule has 4 unspecified atom stereocenters. The van der Waals surface area contributed by atoms with Gasteiger partial charge < -0.3 is 5.11 Å². The lowest BCUT2D eigenvalue weighted by Crippen LogP contribution is -2.51. The van der Waals surface area contributed by atoms with Crippen molar-refractivity contribution in [2.45, 2.75) is 50.8 Å². The minimum absolute atomic E-state index is 0.0681. The molecule has 1 nitrogen and oxygen atoms in total. The zero-order valence-corrected chi connectivity index (χ0v) is 8.85. The first kappa shape index (κ1) is 11.2. The number of hydrogen-bond acceptors (Lipinski definition) is 1. The second kappa shape index (κ2) is 3.37. The average molecular weight is 222 g/mol. The van der Waals surface area contributed by atoms with E-state index in [2.05, 4.69) is 0 Å². The standard InChI is InChI=1S/C11H17F3O/c1-2-3-8-4-7-5-9(8)10(15,6-7)11(12,13)14/h7-9,15H,2-6H2,1H3. The summed E-state index contributed by atoms with van der Waals surface area (Å²) in [6.45, 7) is 1.98. The van der Waals surface area contributed by atoms with Gasteiger partial charge >= 0.3 is 6.18 Å². The minimum Gasteiger partial charge on any atom is -0.380 e. The molecule has 2 rings (SSSR count). The van der Waals surface area contributed by atoms with Crippen LogP contribution in [-0.4, -0.2) is 16.9 Å². The van der Waals surface area contributed by atoms with Gasteiger partial charge in [0.1, 0.15) is 0 Å². The van der Waals surface area contributed by atoms with Crippen LogP contribution in [0.25, 0.3) is 0 Å². The fourth-order valence-electron chi connectivity index (χ4n) is 3.60. The van der Waals surface area contributed by atoms with Gasteiger partial charge in [0, 0.05) is 0 Å². The zero-order valence-electron chi connectivity index (χ0n) is 8.85. The molecule has 2 fully saturated rings. The van der Waals surface area contributed by atoms with Gasteiger partial charge in [0.2, 0.25) is 0 Å². The molecule has 0 aliphatic heterocycles. The number of rotatable bonds is 2. The highest BCUT2D eigenvalue weighted by Gasteiger charge is 2.66. The molecular weight excluding hydrogens is 205 g/mol. The Morgan fingerprint density at radius 3 is 2.47 bits per heavy atom. The van der Waals surface area contributed by atoms with Gasteiger partial charge in [-0.2, -0.15) is 13.2 Å². The van der Waals surface area contributed by atoms with Crippen molar-refractivity contribution >= 4 is 0 Å². The maximum absolute atomic E-state index is 12.8. The van der Waals surface area contributed by atoms with E-state index in [0.29, 0.717) is 6.42 Å². The van der Waals surface area contributed by atoms with E-state index in [4.69, 9.17) is 0 Å². The average Bonchev–Trinajstić information content (AvgIpc) is 2.60. The van der Waals surface area contributed by atoms with Crippen LogP contribution in [0.3, 0.4) is 0 Å². The van der Waals surface area contributed by atoms with Crippen LogP contribution in [-0.2, 0) is 0 Å². The van der Waals surface area contributed by atoms with Crippen LogP contribution in [0.1, 0.15) is 39.0 Å². The Labute approximate surface area is 87.7 Å². The molecule has 0 saturated heterocycles. The summed E-state index contributed by atoms with van der Waals surface area (Å²) in [5, 5.41) is 9.79. The summed E-state index contributed by atoms with van der Waals surface area (Å²) < 4.78 is 38.3. The summed E-state index contributed by atoms with van der Waals surface area (Å²) in [5.74, 6) is -0.360. The van der Waals surface area contributed by atoms with Crippen molar-refractivity contribution in [1.29, 1.82) is 0 Å². The van der Waals surface area contributed by atoms with E-state index in [9.17, 15) is 18.3 Å². The van der Waals surface area contributed by atoms with Crippen LogP contribution < -0.4 is 0 Å². The first-order valence-corrected chi connectivity index (χ1v) is 5.67. The van der Waals surface area contributed by atoms with Crippen LogP contribution in [0.4, 0.5) is 13.2 Å². The molecule has 0 amide bonds. The first-order valence-electron chi connectivity index (χ1n) is 5.67. The van der Waals surface area contributed by atoms with Crippen LogP contribution in [0.15, 0.2) is 0 Å². The van der Waals surface area contributed by atoms with Gasteiger partial charge in [-0.15, -0.1) is 0 Å². The number of alkyl halides is 3. The Bertz CT molecular complexity index is 251. The fourth-order valence-corrected chi connectivity index (χ4v) is 3.60. The second-order valence-corrected chi connectivity index (χ2v) is 5.12. The van der Waals surface area contributed by atoms with Crippen molar-refractivity contribution in [1.82, 2.24) is 0 Å². The SMILES string of the molecule is CCCC1CC2CC1C(O)(C(F)(F)F)C2. The maximum atomic E-state index is 12.8. The highest BCUT2D eigenvalue weighted by atomic mass is 19.4. The molecule has 0 aromatic heterocycles. The lowest BCUT2D eigenvalue weighted by Gasteiger charge is -2.38. The first-order chi connectivity index (χ1) is 6.88. The van der Waals surface area contributed by atoms with E-state index in [1.54, 1.807) is 0 Å². The molecule has 2 aliphatic carbocycles. The topological polar surface area (TPSA) is 20.2 Å². The molecule has 0 radical (unpaired) electrons. The van der Waals surface area contributed by atoms with Crippen LogP contribution >= 0.6 is 0 Å². The van der Waals surface area contributed by atoms with Crippen LogP contribution in [0.2, 0.25) is 0 Å². The number of fused-ring (bicyclic) bond motifs is 2. The van der Waals surface area contributed by atoms with Crippen molar-refractivity contribution in [3.63, 3.8) is 0 Å². The summed E-state index contributed by atoms with van der Waals surface area (Å²) in [5.41, 5.74) is -2.38. The normalized spacial score (nSPS) is 45.0. The van der Waals surface area contributed by atoms with E-state index in [1.807, 2.05) is 6.92 Å². The molecule has 1 N–H and O–H groups in total. The Kier molecular flexibility index (Phi) is 2.53. The summed E-state index contributed by atoms with van der Waals surface area (Å²) in [4.78, 5) is 0. The predicted molar refractivity (Wildman–Crippen MR) is 50.2 cm³/mol. The summed E-state index contributed by atoms with van der Waals surface area (Å²) in [6.07, 6.45) is -1.33. The van der Waals surface area contributed by atoms with Gasteiger partial charge in [-0.05, 0) is 37.0 Å². The molecule has 15 heavy (non-hydrogen) atoms. The quantitative estimate of drug-likeness (QED) is 0.761. The molecular formula is C11H17F3O. The molecule has 0 aromatic rings. The third-order valence-corrected chi connectivity index (χ3v) is 4.16. The van der Waals surface area contributed by atoms with Gasteiger partial charge in [-0.25, -0.2) is 0 Å². The van der Waals surface area contributed by atoms with Crippen molar-refractivity contribution in [3.05, 3.63) is 0 Å². The largest absolute Gasteiger partial charge is 0.417 e. The monoisotopic (exact) mass is 222 g/mol. The molecule has 2 aliphatic rings. The lowest BCUT2D eigenvalue weighted by atomic mass is 9.75. The van der Waals surface area contributed by atoms with Crippen LogP contribution in [0.5, 0.6) is 0 Å². The van der Waals surface area contributed by atoms with Gasteiger partial charge in [0.25, 0.3) is 0 Å². The maximum Gasteiger partial charge on any atom is 0.417 e. The summed E-state index contributed by atoms with van der Waals surface area (Å²) in [7, 11) is 0. The molecule has 2 saturated carbocycles. The predicted octanol–water partition coefficient (Wildman–Crippen LogP) is 3.13. The van der Waals surface area contributed by atoms with E-state index in [1.165, 1.54) is 0 Å². The molecule has 0 heterocycles. The lowest BCUT2D eigenvalue weighted by molar-refractivity contribution is -0.282. The Balaban J connectivity index is 2.17. The molecule has 4 heteroatoms. The third-order valence-electron chi connectivity index (χ3n) is 4.16. The molecule has 0 spiro atoms. The smallest absolute Gasteiger partial charge is 0.380 e. The van der Waals surface area contributed by atoms with E-state index in [0.717, 1.165) is 19.3 Å². The zero-order chi connectivity index (χ0) is 11.3. The van der Waals surface area contributed by atoms with Gasteiger partial charge in [0.05, 0.1) is 0 Å². The van der Waals surface area contributed by atoms with E-state index >= 15 is 0 Å². The van der Waals surface area contributed by atoms with E-state index < -0.39 is 17.7 Å². The fraction of sp³-hybridized carbons (Fsp3) is 1.00. The summed E-state index contributed by atoms with van der Waals surface area (Å²) in [6, 6.07) is 0. The Morgan fingerprint density at radius 2 is 2.00 bits per heavy atom. The van der Waals surface area contributed by atoms with Gasteiger partial charge in [-0.3, -0.25) is 0 Å². The highest BCUT2D eigenvalue weighted by Crippen LogP contribution is 2.60. The van der Waals surface area contributed by atoms with Gasteiger partial charge in [0.15, 0.2) is 5.60 Å². The highest BCUT2D eigenvalue weighted by molar-refractivity contribution is 5.08.